The Morgan fingerprint density at radius 2 is 2.11 bits per heavy atom. The van der Waals surface area contributed by atoms with Crippen LogP contribution in [0.4, 0.5) is 8.78 Å². The average Bonchev–Trinajstić information content (AvgIpc) is 3.29. The molecule has 2 aromatic heterocycles. The predicted octanol–water partition coefficient (Wildman–Crippen LogP) is 4.64. The molecule has 9 heteroatoms. The van der Waals surface area contributed by atoms with E-state index in [1.54, 1.807) is 19.1 Å². The Hall–Kier alpha value is -2.94. The second kappa shape index (κ2) is 8.83. The summed E-state index contributed by atoms with van der Waals surface area (Å²) in [7, 11) is 0. The lowest BCUT2D eigenvalue weighted by Crippen LogP contribution is -2.22. The number of furan rings is 1. The third-order valence-electron chi connectivity index (χ3n) is 3.68. The average molecular weight is 408 g/mol. The monoisotopic (exact) mass is 408 g/mol. The molecule has 0 saturated heterocycles. The standard InChI is InChI=1S/C19H18F2N2O4S/c1-3-25-17-8-12(4-6-16(17)27-19(20)21)18(24)22-9-13-5-7-15(26-13)14-10-28-11(2)23-14/h4-8,10,19H,3,9H2,1-2H3,(H,22,24). The van der Waals surface area contributed by atoms with Gasteiger partial charge in [0.05, 0.1) is 18.2 Å². The third kappa shape index (κ3) is 4.86. The summed E-state index contributed by atoms with van der Waals surface area (Å²) < 4.78 is 40.3. The number of carbonyl (C=O) groups excluding carboxylic acids is 1. The highest BCUT2D eigenvalue weighted by molar-refractivity contribution is 7.09. The Bertz CT molecular complexity index is 955. The van der Waals surface area contributed by atoms with Gasteiger partial charge in [-0.1, -0.05) is 0 Å². The molecule has 2 heterocycles. The molecule has 1 amide bonds. The van der Waals surface area contributed by atoms with Crippen molar-refractivity contribution >= 4 is 17.2 Å². The molecule has 0 aliphatic carbocycles. The topological polar surface area (TPSA) is 73.6 Å². The van der Waals surface area contributed by atoms with Crippen LogP contribution in [-0.2, 0) is 6.54 Å². The number of rotatable bonds is 8. The van der Waals surface area contributed by atoms with E-state index in [0.29, 0.717) is 11.5 Å². The number of alkyl halides is 2. The number of halogens is 2. The van der Waals surface area contributed by atoms with Gasteiger partial charge in [-0.3, -0.25) is 4.79 Å². The van der Waals surface area contributed by atoms with Gasteiger partial charge in [-0.2, -0.15) is 8.78 Å². The molecular formula is C19H18F2N2O4S. The fraction of sp³-hybridized carbons (Fsp3) is 0.263. The molecule has 3 aromatic rings. The van der Waals surface area contributed by atoms with E-state index >= 15 is 0 Å². The minimum atomic E-state index is -2.98. The van der Waals surface area contributed by atoms with Crippen LogP contribution < -0.4 is 14.8 Å². The number of aromatic nitrogens is 1. The van der Waals surface area contributed by atoms with Crippen LogP contribution >= 0.6 is 11.3 Å². The lowest BCUT2D eigenvalue weighted by Gasteiger charge is -2.12. The fourth-order valence-electron chi connectivity index (χ4n) is 2.47. The first-order chi connectivity index (χ1) is 13.5. The molecule has 0 spiro atoms. The summed E-state index contributed by atoms with van der Waals surface area (Å²) >= 11 is 1.52. The van der Waals surface area contributed by atoms with Crippen molar-refractivity contribution < 1.29 is 27.5 Å². The largest absolute Gasteiger partial charge is 0.490 e. The predicted molar refractivity (Wildman–Crippen MR) is 100.0 cm³/mol. The van der Waals surface area contributed by atoms with E-state index in [1.807, 2.05) is 12.3 Å². The highest BCUT2D eigenvalue weighted by Crippen LogP contribution is 2.30. The van der Waals surface area contributed by atoms with Crippen LogP contribution in [0.2, 0.25) is 0 Å². The zero-order valence-corrected chi connectivity index (χ0v) is 16.0. The van der Waals surface area contributed by atoms with E-state index in [2.05, 4.69) is 15.0 Å². The first kappa shape index (κ1) is 19.8. The Labute approximate surface area is 164 Å². The van der Waals surface area contributed by atoms with E-state index in [1.165, 1.54) is 29.5 Å². The second-order valence-electron chi connectivity index (χ2n) is 5.67. The number of amides is 1. The van der Waals surface area contributed by atoms with Crippen molar-refractivity contribution in [1.29, 1.82) is 0 Å². The SMILES string of the molecule is CCOc1cc(C(=O)NCc2ccc(-c3csc(C)n3)o2)ccc1OC(F)F. The van der Waals surface area contributed by atoms with Crippen LogP contribution in [0.15, 0.2) is 40.1 Å². The van der Waals surface area contributed by atoms with Crippen LogP contribution in [-0.4, -0.2) is 24.1 Å². The van der Waals surface area contributed by atoms with Crippen molar-refractivity contribution in [3.8, 4) is 23.0 Å². The van der Waals surface area contributed by atoms with Crippen LogP contribution in [0.3, 0.4) is 0 Å². The Balaban J connectivity index is 1.66. The molecule has 0 aliphatic rings. The van der Waals surface area contributed by atoms with Crippen LogP contribution in [0.5, 0.6) is 11.5 Å². The number of hydrogen-bond donors (Lipinski definition) is 1. The summed E-state index contributed by atoms with van der Waals surface area (Å²) in [5, 5.41) is 5.55. The van der Waals surface area contributed by atoms with Crippen molar-refractivity contribution in [2.24, 2.45) is 0 Å². The highest BCUT2D eigenvalue weighted by Gasteiger charge is 2.15. The van der Waals surface area contributed by atoms with Crippen molar-refractivity contribution in [2.75, 3.05) is 6.61 Å². The molecule has 0 unspecified atom stereocenters. The van der Waals surface area contributed by atoms with Gasteiger partial charge in [0, 0.05) is 10.9 Å². The van der Waals surface area contributed by atoms with Gasteiger partial charge in [0.25, 0.3) is 5.91 Å². The second-order valence-corrected chi connectivity index (χ2v) is 6.74. The van der Waals surface area contributed by atoms with Gasteiger partial charge < -0.3 is 19.2 Å². The van der Waals surface area contributed by atoms with Crippen molar-refractivity contribution in [3.63, 3.8) is 0 Å². The highest BCUT2D eigenvalue weighted by atomic mass is 32.1. The lowest BCUT2D eigenvalue weighted by molar-refractivity contribution is -0.0514. The molecule has 0 atom stereocenters. The van der Waals surface area contributed by atoms with E-state index < -0.39 is 12.5 Å². The minimum Gasteiger partial charge on any atom is -0.490 e. The molecule has 6 nitrogen and oxygen atoms in total. The number of carbonyl (C=O) groups is 1. The maximum Gasteiger partial charge on any atom is 0.387 e. The molecule has 0 saturated carbocycles. The number of aryl methyl sites for hydroxylation is 1. The quantitative estimate of drug-likeness (QED) is 0.588. The molecule has 0 radical (unpaired) electrons. The van der Waals surface area contributed by atoms with Crippen molar-refractivity contribution in [3.05, 3.63) is 52.0 Å². The van der Waals surface area contributed by atoms with E-state index in [-0.39, 0.29) is 30.2 Å². The van der Waals surface area contributed by atoms with E-state index in [9.17, 15) is 13.6 Å². The summed E-state index contributed by atoms with van der Waals surface area (Å²) in [6, 6.07) is 7.58. The maximum atomic E-state index is 12.5. The summed E-state index contributed by atoms with van der Waals surface area (Å²) in [5.74, 6) is 0.752. The first-order valence-electron chi connectivity index (χ1n) is 8.47. The van der Waals surface area contributed by atoms with Gasteiger partial charge in [-0.25, -0.2) is 4.98 Å². The van der Waals surface area contributed by atoms with Crippen LogP contribution in [0, 0.1) is 6.92 Å². The van der Waals surface area contributed by atoms with E-state index in [0.717, 1.165) is 10.7 Å². The Kier molecular flexibility index (Phi) is 6.25. The molecule has 28 heavy (non-hydrogen) atoms. The zero-order valence-electron chi connectivity index (χ0n) is 15.2. The number of ether oxygens (including phenoxy) is 2. The third-order valence-corrected chi connectivity index (χ3v) is 4.45. The first-order valence-corrected chi connectivity index (χ1v) is 9.35. The molecule has 3 rings (SSSR count). The van der Waals surface area contributed by atoms with Gasteiger partial charge in [-0.05, 0) is 44.2 Å². The number of hydrogen-bond acceptors (Lipinski definition) is 6. The number of nitrogens with one attached hydrogen (secondary N) is 1. The summed E-state index contributed by atoms with van der Waals surface area (Å²) in [6.45, 7) is 1.05. The smallest absolute Gasteiger partial charge is 0.387 e. The Morgan fingerprint density at radius 1 is 1.29 bits per heavy atom. The van der Waals surface area contributed by atoms with Crippen LogP contribution in [0.25, 0.3) is 11.5 Å². The van der Waals surface area contributed by atoms with E-state index in [4.69, 9.17) is 9.15 Å². The van der Waals surface area contributed by atoms with Gasteiger partial charge in [-0.15, -0.1) is 11.3 Å². The number of thiazole rings is 1. The van der Waals surface area contributed by atoms with Gasteiger partial charge >= 0.3 is 6.61 Å². The summed E-state index contributed by atoms with van der Waals surface area (Å²) in [6.07, 6.45) is 0. The molecule has 148 valence electrons. The normalized spacial score (nSPS) is 10.9. The van der Waals surface area contributed by atoms with Gasteiger partial charge in [0.2, 0.25) is 0 Å². The van der Waals surface area contributed by atoms with Crippen LogP contribution in [0.1, 0.15) is 28.0 Å². The molecular weight excluding hydrogens is 390 g/mol. The molecule has 1 N–H and O–H groups in total. The van der Waals surface area contributed by atoms with Gasteiger partial charge in [0.1, 0.15) is 11.5 Å². The van der Waals surface area contributed by atoms with Crippen molar-refractivity contribution in [1.82, 2.24) is 10.3 Å². The number of nitrogens with zero attached hydrogens (tertiary/aromatic N) is 1. The Morgan fingerprint density at radius 3 is 2.79 bits per heavy atom. The summed E-state index contributed by atoms with van der Waals surface area (Å²) in [4.78, 5) is 16.7. The lowest BCUT2D eigenvalue weighted by atomic mass is 10.2. The zero-order chi connectivity index (χ0) is 20.1. The van der Waals surface area contributed by atoms with Gasteiger partial charge in [0.15, 0.2) is 17.3 Å². The molecule has 0 fully saturated rings. The maximum absolute atomic E-state index is 12.5. The molecule has 1 aromatic carbocycles. The molecule has 0 bridgehead atoms. The minimum absolute atomic E-state index is 0.0784. The number of benzene rings is 1. The van der Waals surface area contributed by atoms with Crippen molar-refractivity contribution in [2.45, 2.75) is 27.0 Å². The molecule has 0 aliphatic heterocycles. The fourth-order valence-corrected chi connectivity index (χ4v) is 3.07. The summed E-state index contributed by atoms with van der Waals surface area (Å²) in [5.41, 5.74) is 1.00.